The first-order valence-corrected chi connectivity index (χ1v) is 7.57. The topological polar surface area (TPSA) is 95.6 Å². The van der Waals surface area contributed by atoms with Crippen LogP contribution in [0.15, 0.2) is 12.1 Å². The fourth-order valence-corrected chi connectivity index (χ4v) is 3.14. The van der Waals surface area contributed by atoms with Crippen LogP contribution in [0.4, 0.5) is 0 Å². The summed E-state index contributed by atoms with van der Waals surface area (Å²) in [4.78, 5) is 48.9. The molecule has 1 unspecified atom stereocenters. The number of imide groups is 2. The third kappa shape index (κ3) is 2.43. The highest BCUT2D eigenvalue weighted by molar-refractivity contribution is 6.23. The minimum absolute atomic E-state index is 0.267. The lowest BCUT2D eigenvalue weighted by Crippen LogP contribution is -2.49. The Balaban J connectivity index is 1.98. The Morgan fingerprint density at radius 2 is 1.83 bits per heavy atom. The van der Waals surface area contributed by atoms with Gasteiger partial charge >= 0.3 is 0 Å². The van der Waals surface area contributed by atoms with E-state index in [-0.39, 0.29) is 6.41 Å². The van der Waals surface area contributed by atoms with Gasteiger partial charge in [-0.1, -0.05) is 13.3 Å². The number of nitrogens with zero attached hydrogens (tertiary/aromatic N) is 1. The first kappa shape index (κ1) is 15.4. The molecule has 0 saturated heterocycles. The van der Waals surface area contributed by atoms with Crippen LogP contribution in [0.25, 0.3) is 0 Å². The zero-order chi connectivity index (χ0) is 16.6. The van der Waals surface area contributed by atoms with Crippen molar-refractivity contribution in [3.63, 3.8) is 0 Å². The Labute approximate surface area is 133 Å². The van der Waals surface area contributed by atoms with Gasteiger partial charge in [-0.05, 0) is 29.7 Å². The van der Waals surface area contributed by atoms with Gasteiger partial charge in [0, 0.05) is 13.1 Å². The minimum Gasteiger partial charge on any atom is -0.309 e. The Morgan fingerprint density at radius 1 is 1.26 bits per heavy atom. The van der Waals surface area contributed by atoms with Crippen molar-refractivity contribution < 1.29 is 19.2 Å². The lowest BCUT2D eigenvalue weighted by molar-refractivity contribution is -0.128. The second kappa shape index (κ2) is 5.92. The van der Waals surface area contributed by atoms with Crippen molar-refractivity contribution in [3.8, 4) is 0 Å². The molecule has 2 N–H and O–H groups in total. The number of carbonyl (C=O) groups excluding carboxylic acids is 4. The van der Waals surface area contributed by atoms with E-state index in [1.807, 2.05) is 12.2 Å². The van der Waals surface area contributed by atoms with E-state index in [0.29, 0.717) is 37.1 Å². The molecule has 0 fully saturated rings. The number of rotatable bonds is 5. The maximum Gasteiger partial charge on any atom is 0.262 e. The van der Waals surface area contributed by atoms with Gasteiger partial charge in [-0.3, -0.25) is 29.4 Å². The molecule has 2 heterocycles. The molecule has 1 atom stereocenters. The molecule has 0 spiro atoms. The molecule has 7 nitrogen and oxygen atoms in total. The van der Waals surface area contributed by atoms with Crippen LogP contribution in [0.2, 0.25) is 0 Å². The van der Waals surface area contributed by atoms with Gasteiger partial charge in [0.05, 0.1) is 11.1 Å². The highest BCUT2D eigenvalue weighted by Gasteiger charge is 2.43. The summed E-state index contributed by atoms with van der Waals surface area (Å²) in [5, 5.41) is 5.21. The lowest BCUT2D eigenvalue weighted by atomic mass is 10.0. The average Bonchev–Trinajstić information content (AvgIpc) is 3.08. The summed E-state index contributed by atoms with van der Waals surface area (Å²) < 4.78 is 0. The predicted molar refractivity (Wildman–Crippen MR) is 80.4 cm³/mol. The average molecular weight is 315 g/mol. The van der Waals surface area contributed by atoms with Crippen molar-refractivity contribution >= 4 is 24.1 Å². The summed E-state index contributed by atoms with van der Waals surface area (Å²) in [6.07, 6.45) is 1.18. The summed E-state index contributed by atoms with van der Waals surface area (Å²) in [6.45, 7) is 3.17. The van der Waals surface area contributed by atoms with Gasteiger partial charge in [0.1, 0.15) is 6.04 Å². The molecule has 0 radical (unpaired) electrons. The Bertz CT molecular complexity index is 671. The summed E-state index contributed by atoms with van der Waals surface area (Å²) in [5.74, 6) is -1.58. The van der Waals surface area contributed by atoms with Crippen LogP contribution in [0.1, 0.15) is 51.6 Å². The summed E-state index contributed by atoms with van der Waals surface area (Å²) in [5.41, 5.74) is 2.65. The molecule has 0 aliphatic carbocycles. The first-order valence-electron chi connectivity index (χ1n) is 7.57. The number of nitrogens with one attached hydrogen (secondary N) is 2. The quantitative estimate of drug-likeness (QED) is 0.603. The molecule has 2 aliphatic rings. The Morgan fingerprint density at radius 3 is 2.30 bits per heavy atom. The highest BCUT2D eigenvalue weighted by atomic mass is 16.2. The van der Waals surface area contributed by atoms with Crippen LogP contribution in [0, 0.1) is 0 Å². The van der Waals surface area contributed by atoms with Crippen molar-refractivity contribution in [2.45, 2.75) is 38.9 Å². The zero-order valence-electron chi connectivity index (χ0n) is 12.7. The third-order valence-electron chi connectivity index (χ3n) is 4.25. The SMILES string of the molecule is CCCC(C(=O)NC=O)N1C(=O)c2cc3c(cc2C1=O)CNC3. The lowest BCUT2D eigenvalue weighted by Gasteiger charge is -2.23. The number of hydrogen-bond acceptors (Lipinski definition) is 5. The van der Waals surface area contributed by atoms with Crippen LogP contribution in [0.3, 0.4) is 0 Å². The van der Waals surface area contributed by atoms with Crippen LogP contribution >= 0.6 is 0 Å². The number of amides is 4. The molecule has 1 aromatic carbocycles. The highest BCUT2D eigenvalue weighted by Crippen LogP contribution is 2.30. The van der Waals surface area contributed by atoms with E-state index in [1.165, 1.54) is 0 Å². The van der Waals surface area contributed by atoms with Crippen molar-refractivity contribution in [1.82, 2.24) is 15.5 Å². The molecular formula is C16H17N3O4. The third-order valence-corrected chi connectivity index (χ3v) is 4.25. The zero-order valence-corrected chi connectivity index (χ0v) is 12.7. The van der Waals surface area contributed by atoms with Crippen LogP contribution < -0.4 is 10.6 Å². The van der Waals surface area contributed by atoms with Gasteiger partial charge < -0.3 is 5.32 Å². The molecule has 0 bridgehead atoms. The van der Waals surface area contributed by atoms with Crippen LogP contribution in [0.5, 0.6) is 0 Å². The molecule has 4 amide bonds. The summed E-state index contributed by atoms with van der Waals surface area (Å²) in [7, 11) is 0. The normalized spacial score (nSPS) is 17.0. The molecule has 120 valence electrons. The van der Waals surface area contributed by atoms with E-state index in [4.69, 9.17) is 0 Å². The summed E-state index contributed by atoms with van der Waals surface area (Å²) in [6, 6.07) is 2.49. The molecule has 1 aromatic rings. The van der Waals surface area contributed by atoms with Gasteiger partial charge in [-0.15, -0.1) is 0 Å². The van der Waals surface area contributed by atoms with E-state index in [1.54, 1.807) is 12.1 Å². The predicted octanol–water partition coefficient (Wildman–Crippen LogP) is 0.327. The molecule has 2 aliphatic heterocycles. The second-order valence-electron chi connectivity index (χ2n) is 5.68. The Hall–Kier alpha value is -2.54. The van der Waals surface area contributed by atoms with Gasteiger partial charge in [-0.2, -0.15) is 0 Å². The van der Waals surface area contributed by atoms with E-state index in [2.05, 4.69) is 5.32 Å². The van der Waals surface area contributed by atoms with E-state index >= 15 is 0 Å². The number of carbonyl (C=O) groups is 4. The maximum absolute atomic E-state index is 12.6. The number of fused-ring (bicyclic) bond motifs is 2. The standard InChI is InChI=1S/C16H17N3O4/c1-2-3-13(14(21)18-8-20)19-15(22)11-4-9-6-17-7-10(9)5-12(11)16(19)23/h4-5,8,13,17H,2-3,6-7H2,1H3,(H,18,20,21). The van der Waals surface area contributed by atoms with Crippen LogP contribution in [-0.2, 0) is 22.7 Å². The monoisotopic (exact) mass is 315 g/mol. The number of hydrogen-bond donors (Lipinski definition) is 2. The van der Waals surface area contributed by atoms with Crippen molar-refractivity contribution in [2.75, 3.05) is 0 Å². The largest absolute Gasteiger partial charge is 0.309 e. The fourth-order valence-electron chi connectivity index (χ4n) is 3.14. The van der Waals surface area contributed by atoms with E-state index in [9.17, 15) is 19.2 Å². The van der Waals surface area contributed by atoms with Crippen molar-refractivity contribution in [2.24, 2.45) is 0 Å². The van der Waals surface area contributed by atoms with Crippen LogP contribution in [-0.4, -0.2) is 35.1 Å². The second-order valence-corrected chi connectivity index (χ2v) is 5.68. The van der Waals surface area contributed by atoms with E-state index < -0.39 is 23.8 Å². The molecule has 0 aromatic heterocycles. The van der Waals surface area contributed by atoms with Gasteiger partial charge in [0.2, 0.25) is 12.3 Å². The van der Waals surface area contributed by atoms with Crippen molar-refractivity contribution in [1.29, 1.82) is 0 Å². The minimum atomic E-state index is -0.967. The van der Waals surface area contributed by atoms with Gasteiger partial charge in [0.15, 0.2) is 0 Å². The maximum atomic E-state index is 12.6. The molecule has 0 saturated carbocycles. The molecule has 7 heteroatoms. The first-order chi connectivity index (χ1) is 11.1. The van der Waals surface area contributed by atoms with E-state index in [0.717, 1.165) is 16.0 Å². The molecule has 3 rings (SSSR count). The van der Waals surface area contributed by atoms with Crippen molar-refractivity contribution in [3.05, 3.63) is 34.4 Å². The smallest absolute Gasteiger partial charge is 0.262 e. The van der Waals surface area contributed by atoms with Gasteiger partial charge in [-0.25, -0.2) is 0 Å². The fraction of sp³-hybridized carbons (Fsp3) is 0.375. The molecule has 23 heavy (non-hydrogen) atoms. The number of benzene rings is 1. The summed E-state index contributed by atoms with van der Waals surface area (Å²) >= 11 is 0. The molecular weight excluding hydrogens is 298 g/mol. The van der Waals surface area contributed by atoms with Gasteiger partial charge in [0.25, 0.3) is 11.8 Å². The Kier molecular flexibility index (Phi) is 3.96.